The number of nitrogens with zero attached hydrogens (tertiary/aromatic N) is 1. The van der Waals surface area contributed by atoms with E-state index in [-0.39, 0.29) is 22.7 Å². The molecule has 2 aliphatic rings. The lowest BCUT2D eigenvalue weighted by atomic mass is 9.69. The predicted molar refractivity (Wildman–Crippen MR) is 117 cm³/mol. The van der Waals surface area contributed by atoms with Crippen LogP contribution >= 0.6 is 11.8 Å². The molecule has 1 aromatic carbocycles. The highest BCUT2D eigenvalue weighted by Crippen LogP contribution is 2.47. The van der Waals surface area contributed by atoms with Gasteiger partial charge in [0.05, 0.1) is 5.56 Å². The number of fused-ring (bicyclic) bond motifs is 1. The van der Waals surface area contributed by atoms with Crippen molar-refractivity contribution >= 4 is 23.4 Å². The van der Waals surface area contributed by atoms with Crippen LogP contribution in [0.25, 0.3) is 0 Å². The van der Waals surface area contributed by atoms with Gasteiger partial charge in [0, 0.05) is 28.9 Å². The summed E-state index contributed by atoms with van der Waals surface area (Å²) in [5.41, 5.74) is 2.83. The maximum Gasteiger partial charge on any atom is 0.257 e. The number of nitrogens with one attached hydrogen (secondary N) is 2. The number of ketones is 1. The van der Waals surface area contributed by atoms with E-state index in [2.05, 4.69) is 38.0 Å². The van der Waals surface area contributed by atoms with E-state index < -0.39 is 0 Å². The summed E-state index contributed by atoms with van der Waals surface area (Å²) in [5, 5.41) is 4.35. The van der Waals surface area contributed by atoms with Crippen molar-refractivity contribution in [1.82, 2.24) is 9.97 Å². The number of anilines is 1. The summed E-state index contributed by atoms with van der Waals surface area (Å²) < 4.78 is 0. The van der Waals surface area contributed by atoms with E-state index in [1.165, 1.54) is 0 Å². The van der Waals surface area contributed by atoms with Crippen molar-refractivity contribution < 1.29 is 4.79 Å². The number of rotatable bonds is 4. The molecule has 1 aliphatic heterocycles. The number of aromatic nitrogens is 2. The zero-order valence-corrected chi connectivity index (χ0v) is 18.2. The van der Waals surface area contributed by atoms with E-state index in [1.54, 1.807) is 11.8 Å². The van der Waals surface area contributed by atoms with Gasteiger partial charge in [-0.25, -0.2) is 4.98 Å². The van der Waals surface area contributed by atoms with Gasteiger partial charge >= 0.3 is 0 Å². The van der Waals surface area contributed by atoms with Crippen molar-refractivity contribution in [3.8, 4) is 0 Å². The first-order chi connectivity index (χ1) is 13.8. The lowest BCUT2D eigenvalue weighted by Gasteiger charge is -2.38. The van der Waals surface area contributed by atoms with Crippen molar-refractivity contribution in [2.75, 3.05) is 5.32 Å². The van der Waals surface area contributed by atoms with Crippen molar-refractivity contribution in [3.05, 3.63) is 63.1 Å². The molecule has 6 heteroatoms. The molecule has 0 bridgehead atoms. The molecule has 0 amide bonds. The maximum absolute atomic E-state index is 13.2. The maximum atomic E-state index is 13.2. The fraction of sp³-hybridized carbons (Fsp3) is 0.435. The largest absolute Gasteiger partial charge is 0.343 e. The van der Waals surface area contributed by atoms with Crippen LogP contribution in [0, 0.1) is 5.41 Å². The van der Waals surface area contributed by atoms with Gasteiger partial charge in [-0.05, 0) is 23.8 Å². The molecule has 2 heterocycles. The fourth-order valence-corrected chi connectivity index (χ4v) is 5.05. The molecule has 0 spiro atoms. The lowest BCUT2D eigenvalue weighted by Crippen LogP contribution is -2.37. The minimum Gasteiger partial charge on any atom is -0.343 e. The molecule has 0 saturated carbocycles. The van der Waals surface area contributed by atoms with Crippen LogP contribution in [0.2, 0.25) is 0 Å². The molecule has 4 rings (SSSR count). The number of allylic oxidation sites excluding steroid dienone is 2. The molecule has 1 aliphatic carbocycles. The van der Waals surface area contributed by atoms with E-state index in [4.69, 9.17) is 4.98 Å². The van der Waals surface area contributed by atoms with E-state index in [9.17, 15) is 9.59 Å². The van der Waals surface area contributed by atoms with Crippen LogP contribution in [0.5, 0.6) is 0 Å². The number of benzene rings is 1. The molecular formula is C23H27N3O2S. The minimum absolute atomic E-state index is 0.112. The summed E-state index contributed by atoms with van der Waals surface area (Å²) >= 11 is 1.57. The first-order valence-corrected chi connectivity index (χ1v) is 11.1. The van der Waals surface area contributed by atoms with Crippen LogP contribution in [-0.4, -0.2) is 21.0 Å². The van der Waals surface area contributed by atoms with Crippen molar-refractivity contribution in [2.45, 2.75) is 63.3 Å². The van der Waals surface area contributed by atoms with Crippen LogP contribution in [0.1, 0.15) is 64.0 Å². The van der Waals surface area contributed by atoms with Gasteiger partial charge in [0.2, 0.25) is 0 Å². The molecule has 2 aromatic rings. The molecule has 5 nitrogen and oxygen atoms in total. The number of carbonyl (C=O) groups is 1. The van der Waals surface area contributed by atoms with E-state index in [0.29, 0.717) is 28.2 Å². The molecular weight excluding hydrogens is 382 g/mol. The lowest BCUT2D eigenvalue weighted by molar-refractivity contribution is -0.118. The summed E-state index contributed by atoms with van der Waals surface area (Å²) in [6, 6.07) is 9.81. The molecule has 0 saturated heterocycles. The van der Waals surface area contributed by atoms with Gasteiger partial charge in [-0.1, -0.05) is 69.8 Å². The van der Waals surface area contributed by atoms with E-state index >= 15 is 0 Å². The first kappa shape index (κ1) is 20.0. The highest BCUT2D eigenvalue weighted by atomic mass is 32.2. The third kappa shape index (κ3) is 3.78. The predicted octanol–water partition coefficient (Wildman–Crippen LogP) is 4.86. The summed E-state index contributed by atoms with van der Waals surface area (Å²) in [6.07, 6.45) is 2.24. The third-order valence-corrected chi connectivity index (χ3v) is 6.87. The third-order valence-electron chi connectivity index (χ3n) is 5.72. The van der Waals surface area contributed by atoms with Crippen molar-refractivity contribution in [2.24, 2.45) is 5.41 Å². The van der Waals surface area contributed by atoms with Gasteiger partial charge in [-0.2, -0.15) is 0 Å². The zero-order valence-electron chi connectivity index (χ0n) is 17.3. The fourth-order valence-electron chi connectivity index (χ4n) is 4.20. The second-order valence-corrected chi connectivity index (χ2v) is 10.2. The molecule has 0 fully saturated rings. The van der Waals surface area contributed by atoms with Gasteiger partial charge in [0.1, 0.15) is 5.82 Å². The molecule has 152 valence electrons. The van der Waals surface area contributed by atoms with Crippen LogP contribution in [0.15, 0.2) is 51.6 Å². The Labute approximate surface area is 175 Å². The first-order valence-electron chi connectivity index (χ1n) is 10.2. The monoisotopic (exact) mass is 409 g/mol. The quantitative estimate of drug-likeness (QED) is 0.557. The summed E-state index contributed by atoms with van der Waals surface area (Å²) in [6.45, 7) is 8.45. The van der Waals surface area contributed by atoms with Crippen LogP contribution in [0.4, 0.5) is 5.82 Å². The average molecular weight is 410 g/mol. The standard InChI is InChI=1S/C23H27N3O2S/c1-5-13(2)29-22-25-20-19(21(28)26-22)17(14-9-7-6-8-10-14)18-15(24-20)11-23(3,4)12-16(18)27/h6-10,13,17H,5,11-12H2,1-4H3,(H2,24,25,26,28)/t13-,17-/m0/s1. The smallest absolute Gasteiger partial charge is 0.257 e. The van der Waals surface area contributed by atoms with Gasteiger partial charge in [0.25, 0.3) is 5.56 Å². The number of hydrogen-bond donors (Lipinski definition) is 2. The minimum atomic E-state index is -0.384. The second kappa shape index (κ2) is 7.48. The molecule has 29 heavy (non-hydrogen) atoms. The topological polar surface area (TPSA) is 74.8 Å². The zero-order chi connectivity index (χ0) is 20.8. The van der Waals surface area contributed by atoms with Gasteiger partial charge in [0.15, 0.2) is 10.9 Å². The Hall–Kier alpha value is -2.34. The number of carbonyl (C=O) groups excluding carboxylic acids is 1. The Morgan fingerprint density at radius 1 is 1.21 bits per heavy atom. The highest BCUT2D eigenvalue weighted by molar-refractivity contribution is 7.99. The number of thioether (sulfide) groups is 1. The van der Waals surface area contributed by atoms with Gasteiger partial charge in [-0.15, -0.1) is 0 Å². The highest BCUT2D eigenvalue weighted by Gasteiger charge is 2.42. The van der Waals surface area contributed by atoms with E-state index in [1.807, 2.05) is 30.3 Å². The van der Waals surface area contributed by atoms with E-state index in [0.717, 1.165) is 29.7 Å². The average Bonchev–Trinajstić information content (AvgIpc) is 2.66. The van der Waals surface area contributed by atoms with Crippen molar-refractivity contribution in [1.29, 1.82) is 0 Å². The Kier molecular flexibility index (Phi) is 5.15. The Morgan fingerprint density at radius 2 is 1.93 bits per heavy atom. The number of hydrogen-bond acceptors (Lipinski definition) is 5. The second-order valence-electron chi connectivity index (χ2n) is 8.77. The SMILES string of the molecule is CC[C@H](C)Sc1nc2c(c(=O)[nH]1)[C@@H](c1ccccc1)C1=C(CC(C)(C)CC1=O)N2. The molecule has 2 atom stereocenters. The summed E-state index contributed by atoms with van der Waals surface area (Å²) in [5.74, 6) is 0.309. The molecule has 1 aromatic heterocycles. The Morgan fingerprint density at radius 3 is 2.62 bits per heavy atom. The normalized spacial score (nSPS) is 21.2. The van der Waals surface area contributed by atoms with Crippen LogP contribution in [-0.2, 0) is 4.79 Å². The Bertz CT molecular complexity index is 1040. The molecule has 2 N–H and O–H groups in total. The number of Topliss-reactive ketones (excluding diaryl/α,β-unsaturated/α-hetero) is 1. The van der Waals surface area contributed by atoms with Crippen LogP contribution in [0.3, 0.4) is 0 Å². The molecule has 0 radical (unpaired) electrons. The summed E-state index contributed by atoms with van der Waals surface area (Å²) in [4.78, 5) is 34.0. The number of aromatic amines is 1. The summed E-state index contributed by atoms with van der Waals surface area (Å²) in [7, 11) is 0. The number of H-pyrrole nitrogens is 1. The van der Waals surface area contributed by atoms with Crippen LogP contribution < -0.4 is 10.9 Å². The molecule has 0 unspecified atom stereocenters. The van der Waals surface area contributed by atoms with Gasteiger partial charge in [-0.3, -0.25) is 9.59 Å². The van der Waals surface area contributed by atoms with Gasteiger partial charge < -0.3 is 10.3 Å². The van der Waals surface area contributed by atoms with Crippen molar-refractivity contribution in [3.63, 3.8) is 0 Å². The Balaban J connectivity index is 1.90.